The number of hydrogen-bond acceptors (Lipinski definition) is 5. The van der Waals surface area contributed by atoms with Gasteiger partial charge in [-0.05, 0) is 30.0 Å². The molecule has 0 saturated heterocycles. The van der Waals surface area contributed by atoms with Crippen LogP contribution in [0.4, 0.5) is 0 Å². The number of furan rings is 1. The van der Waals surface area contributed by atoms with Crippen LogP contribution in [0.5, 0.6) is 5.75 Å². The maximum absolute atomic E-state index is 10.8. The summed E-state index contributed by atoms with van der Waals surface area (Å²) in [5.41, 5.74) is 3.80. The van der Waals surface area contributed by atoms with Crippen molar-refractivity contribution in [2.45, 2.75) is 31.3 Å². The molecule has 4 rings (SSSR count). The van der Waals surface area contributed by atoms with Crippen LogP contribution in [0, 0.1) is 0 Å². The molecule has 0 spiro atoms. The third-order valence-electron chi connectivity index (χ3n) is 5.64. The summed E-state index contributed by atoms with van der Waals surface area (Å²) in [6, 6.07) is 26.0. The SMILES string of the molecule is O=C([O-])COc1cccc2c(CC(O)CCC(c3ccccc3)c3ccccc3)coc12. The number of carbonyl (C=O) groups excluding carboxylic acids is 1. The Labute approximate surface area is 186 Å². The molecular formula is C27H25O5-. The van der Waals surface area contributed by atoms with Crippen molar-refractivity contribution in [3.63, 3.8) is 0 Å². The Bertz CT molecular complexity index is 1110. The molecule has 0 fully saturated rings. The summed E-state index contributed by atoms with van der Waals surface area (Å²) >= 11 is 0. The second-order valence-corrected chi connectivity index (χ2v) is 7.86. The van der Waals surface area contributed by atoms with Crippen molar-refractivity contribution >= 4 is 16.9 Å². The zero-order valence-corrected chi connectivity index (χ0v) is 17.6. The second kappa shape index (κ2) is 10.2. The largest absolute Gasteiger partial charge is 0.546 e. The lowest BCUT2D eigenvalue weighted by molar-refractivity contribution is -0.307. The van der Waals surface area contributed by atoms with Crippen LogP contribution in [0.15, 0.2) is 89.5 Å². The predicted octanol–water partition coefficient (Wildman–Crippen LogP) is 4.08. The van der Waals surface area contributed by atoms with E-state index in [2.05, 4.69) is 24.3 Å². The first kappa shape index (κ1) is 21.7. The summed E-state index contributed by atoms with van der Waals surface area (Å²) in [6.07, 6.45) is 2.93. The van der Waals surface area contributed by atoms with E-state index in [0.717, 1.165) is 17.4 Å². The predicted molar refractivity (Wildman–Crippen MR) is 120 cm³/mol. The molecule has 3 aromatic carbocycles. The summed E-state index contributed by atoms with van der Waals surface area (Å²) in [4.78, 5) is 10.7. The minimum absolute atomic E-state index is 0.206. The van der Waals surface area contributed by atoms with Crippen molar-refractivity contribution in [3.8, 4) is 5.75 Å². The average Bonchev–Trinajstić information content (AvgIpc) is 3.22. The summed E-state index contributed by atoms with van der Waals surface area (Å²) in [6.45, 7) is -0.544. The molecule has 4 aromatic rings. The Morgan fingerprint density at radius 1 is 0.906 bits per heavy atom. The summed E-state index contributed by atoms with van der Waals surface area (Å²) in [5.74, 6) is -0.742. The fourth-order valence-corrected chi connectivity index (χ4v) is 4.10. The van der Waals surface area contributed by atoms with Gasteiger partial charge in [0.2, 0.25) is 0 Å². The van der Waals surface area contributed by atoms with Gasteiger partial charge in [0.25, 0.3) is 0 Å². The normalized spacial score (nSPS) is 12.2. The second-order valence-electron chi connectivity index (χ2n) is 7.86. The first-order valence-corrected chi connectivity index (χ1v) is 10.7. The van der Waals surface area contributed by atoms with Gasteiger partial charge in [0.05, 0.1) is 18.3 Å². The summed E-state index contributed by atoms with van der Waals surface area (Å²) < 4.78 is 10.9. The molecule has 0 amide bonds. The molecule has 1 heterocycles. The molecular weight excluding hydrogens is 404 g/mol. The van der Waals surface area contributed by atoms with Crippen molar-refractivity contribution in [2.75, 3.05) is 6.61 Å². The van der Waals surface area contributed by atoms with Crippen LogP contribution in [0.2, 0.25) is 0 Å². The number of ether oxygens (including phenoxy) is 1. The first-order chi connectivity index (χ1) is 15.6. The smallest absolute Gasteiger partial charge is 0.175 e. The number of hydrogen-bond donors (Lipinski definition) is 1. The minimum Gasteiger partial charge on any atom is -0.546 e. The summed E-state index contributed by atoms with van der Waals surface area (Å²) in [7, 11) is 0. The third kappa shape index (κ3) is 5.18. The van der Waals surface area contributed by atoms with E-state index in [-0.39, 0.29) is 5.92 Å². The molecule has 1 unspecified atom stereocenters. The fourth-order valence-electron chi connectivity index (χ4n) is 4.10. The van der Waals surface area contributed by atoms with Gasteiger partial charge in [0.15, 0.2) is 11.3 Å². The molecule has 5 heteroatoms. The molecule has 32 heavy (non-hydrogen) atoms. The molecule has 0 aliphatic heterocycles. The summed E-state index contributed by atoms with van der Waals surface area (Å²) in [5, 5.41) is 22.3. The van der Waals surface area contributed by atoms with Crippen LogP contribution in [-0.4, -0.2) is 23.8 Å². The number of aliphatic hydroxyl groups excluding tert-OH is 1. The molecule has 164 valence electrons. The molecule has 1 N–H and O–H groups in total. The van der Waals surface area contributed by atoms with E-state index in [0.29, 0.717) is 24.2 Å². The van der Waals surface area contributed by atoms with Crippen LogP contribution >= 0.6 is 0 Å². The lowest BCUT2D eigenvalue weighted by atomic mass is 9.86. The highest BCUT2D eigenvalue weighted by molar-refractivity contribution is 5.86. The van der Waals surface area contributed by atoms with Crippen molar-refractivity contribution in [1.29, 1.82) is 0 Å². The third-order valence-corrected chi connectivity index (χ3v) is 5.64. The fraction of sp³-hybridized carbons (Fsp3) is 0.222. The Balaban J connectivity index is 1.46. The molecule has 1 atom stereocenters. The molecule has 0 bridgehead atoms. The van der Waals surface area contributed by atoms with Crippen LogP contribution < -0.4 is 9.84 Å². The number of aliphatic hydroxyl groups is 1. The van der Waals surface area contributed by atoms with Crippen LogP contribution in [0.1, 0.15) is 35.4 Å². The monoisotopic (exact) mass is 429 g/mol. The van der Waals surface area contributed by atoms with Gasteiger partial charge in [-0.3, -0.25) is 0 Å². The molecule has 1 aromatic heterocycles. The van der Waals surface area contributed by atoms with Crippen LogP contribution in [-0.2, 0) is 11.2 Å². The number of carbonyl (C=O) groups is 1. The van der Waals surface area contributed by atoms with Gasteiger partial charge >= 0.3 is 0 Å². The van der Waals surface area contributed by atoms with Gasteiger partial charge in [-0.15, -0.1) is 0 Å². The minimum atomic E-state index is -1.30. The molecule has 0 saturated carbocycles. The number of benzene rings is 3. The number of para-hydroxylation sites is 1. The average molecular weight is 429 g/mol. The van der Waals surface area contributed by atoms with Gasteiger partial charge in [-0.25, -0.2) is 0 Å². The maximum atomic E-state index is 10.8. The van der Waals surface area contributed by atoms with Crippen molar-refractivity contribution in [2.24, 2.45) is 0 Å². The topological polar surface area (TPSA) is 82.7 Å². The zero-order valence-electron chi connectivity index (χ0n) is 17.6. The van der Waals surface area contributed by atoms with E-state index in [1.54, 1.807) is 18.4 Å². The lowest BCUT2D eigenvalue weighted by Gasteiger charge is -2.20. The molecule has 0 aliphatic rings. The number of rotatable bonds is 10. The van der Waals surface area contributed by atoms with Gasteiger partial charge in [0, 0.05) is 23.3 Å². The van der Waals surface area contributed by atoms with Gasteiger partial charge < -0.3 is 24.2 Å². The Morgan fingerprint density at radius 3 is 2.19 bits per heavy atom. The molecule has 5 nitrogen and oxygen atoms in total. The highest BCUT2D eigenvalue weighted by atomic mass is 16.5. The Morgan fingerprint density at radius 2 is 1.56 bits per heavy atom. The highest BCUT2D eigenvalue weighted by Crippen LogP contribution is 2.33. The van der Waals surface area contributed by atoms with Crippen molar-refractivity contribution < 1.29 is 24.2 Å². The number of aliphatic carboxylic acids is 1. The van der Waals surface area contributed by atoms with E-state index in [4.69, 9.17) is 9.15 Å². The number of fused-ring (bicyclic) bond motifs is 1. The van der Waals surface area contributed by atoms with Crippen LogP contribution in [0.3, 0.4) is 0 Å². The lowest BCUT2D eigenvalue weighted by Crippen LogP contribution is -2.28. The number of carboxylic acids is 1. The van der Waals surface area contributed by atoms with Crippen molar-refractivity contribution in [3.05, 3.63) is 102 Å². The standard InChI is InChI=1S/C27H26O5/c28-22(14-15-23(19-8-3-1-4-9-19)20-10-5-2-6-11-20)16-21-17-32-27-24(21)12-7-13-25(27)31-18-26(29)30/h1-13,17,22-23,28H,14-16,18H2,(H,29,30)/p-1. The maximum Gasteiger partial charge on any atom is 0.175 e. The number of carboxylic acid groups (broad SMARTS) is 1. The van der Waals surface area contributed by atoms with Crippen molar-refractivity contribution in [1.82, 2.24) is 0 Å². The zero-order chi connectivity index (χ0) is 22.3. The van der Waals surface area contributed by atoms with Gasteiger partial charge in [-0.2, -0.15) is 0 Å². The van der Waals surface area contributed by atoms with E-state index in [9.17, 15) is 15.0 Å². The Hall–Kier alpha value is -3.57. The molecule has 0 aliphatic carbocycles. The van der Waals surface area contributed by atoms with E-state index < -0.39 is 18.7 Å². The molecule has 0 radical (unpaired) electrons. The van der Waals surface area contributed by atoms with Gasteiger partial charge in [-0.1, -0.05) is 72.8 Å². The van der Waals surface area contributed by atoms with E-state index in [1.165, 1.54) is 11.1 Å². The van der Waals surface area contributed by atoms with Gasteiger partial charge in [0.1, 0.15) is 6.61 Å². The van der Waals surface area contributed by atoms with E-state index >= 15 is 0 Å². The Kier molecular flexibility index (Phi) is 6.87. The first-order valence-electron chi connectivity index (χ1n) is 10.7. The van der Waals surface area contributed by atoms with E-state index in [1.807, 2.05) is 42.5 Å². The quantitative estimate of drug-likeness (QED) is 0.411. The van der Waals surface area contributed by atoms with Crippen LogP contribution in [0.25, 0.3) is 11.0 Å². The highest BCUT2D eigenvalue weighted by Gasteiger charge is 2.18.